The van der Waals surface area contributed by atoms with E-state index in [9.17, 15) is 23.1 Å². The van der Waals surface area contributed by atoms with E-state index in [1.807, 2.05) is 29.5 Å². The van der Waals surface area contributed by atoms with E-state index in [2.05, 4.69) is 0 Å². The third-order valence-electron chi connectivity index (χ3n) is 4.35. The van der Waals surface area contributed by atoms with E-state index >= 15 is 0 Å². The number of ether oxygens (including phenoxy) is 1. The molecular formula is C14H22F3IO3. The molecule has 0 aromatic heterocycles. The molecule has 1 saturated carbocycles. The quantitative estimate of drug-likeness (QED) is 0.423. The lowest BCUT2D eigenvalue weighted by Gasteiger charge is -2.41. The highest BCUT2D eigenvalue weighted by atomic mass is 127. The molecule has 0 aliphatic heterocycles. The molecule has 1 aliphatic rings. The van der Waals surface area contributed by atoms with Gasteiger partial charge in [-0.2, -0.15) is 13.2 Å². The van der Waals surface area contributed by atoms with Gasteiger partial charge in [0.15, 0.2) is 5.60 Å². The Morgan fingerprint density at radius 1 is 1.29 bits per heavy atom. The van der Waals surface area contributed by atoms with Crippen molar-refractivity contribution in [3.63, 3.8) is 0 Å². The molecule has 124 valence electrons. The predicted octanol–water partition coefficient (Wildman–Crippen LogP) is 4.01. The fourth-order valence-corrected chi connectivity index (χ4v) is 2.62. The molecule has 0 spiro atoms. The highest BCUT2D eigenvalue weighted by molar-refractivity contribution is 14.1. The van der Waals surface area contributed by atoms with E-state index in [-0.39, 0.29) is 6.42 Å². The molecule has 1 N–H and O–H groups in total. The van der Waals surface area contributed by atoms with Gasteiger partial charge >= 0.3 is 12.1 Å². The van der Waals surface area contributed by atoms with Gasteiger partial charge in [0, 0.05) is 5.92 Å². The number of aliphatic hydroxyl groups is 1. The summed E-state index contributed by atoms with van der Waals surface area (Å²) >= 11 is 1.95. The van der Waals surface area contributed by atoms with Gasteiger partial charge in [0.1, 0.15) is 9.53 Å². The smallest absolute Gasteiger partial charge is 0.417 e. The molecule has 4 atom stereocenters. The van der Waals surface area contributed by atoms with E-state index < -0.39 is 33.2 Å². The monoisotopic (exact) mass is 422 g/mol. The van der Waals surface area contributed by atoms with Crippen molar-refractivity contribution < 1.29 is 27.8 Å². The minimum atomic E-state index is -4.74. The normalized spacial score (nSPS) is 29.3. The third-order valence-corrected chi connectivity index (χ3v) is 5.55. The lowest BCUT2D eigenvalue weighted by Crippen LogP contribution is -2.55. The van der Waals surface area contributed by atoms with Crippen molar-refractivity contribution in [3.05, 3.63) is 0 Å². The number of rotatable bonds is 4. The van der Waals surface area contributed by atoms with Crippen molar-refractivity contribution in [1.82, 2.24) is 0 Å². The van der Waals surface area contributed by atoms with Gasteiger partial charge in [-0.25, -0.2) is 0 Å². The minimum absolute atomic E-state index is 0.203. The molecule has 0 bridgehead atoms. The number of esters is 1. The SMILES string of the molecule is CC[C@](C)(I)C(=O)OC1CCCCC1C(C)(O)C(F)(F)F. The van der Waals surface area contributed by atoms with Crippen LogP contribution in [0.1, 0.15) is 52.9 Å². The first-order valence-corrected chi connectivity index (χ1v) is 8.20. The molecule has 3 unspecified atom stereocenters. The van der Waals surface area contributed by atoms with E-state index in [1.165, 1.54) is 0 Å². The highest BCUT2D eigenvalue weighted by Crippen LogP contribution is 2.44. The maximum Gasteiger partial charge on any atom is 0.417 e. The van der Waals surface area contributed by atoms with Crippen LogP contribution in [0.4, 0.5) is 13.2 Å². The fraction of sp³-hybridized carbons (Fsp3) is 0.929. The van der Waals surface area contributed by atoms with Gasteiger partial charge in [-0.05, 0) is 39.5 Å². The zero-order valence-corrected chi connectivity index (χ0v) is 14.6. The van der Waals surface area contributed by atoms with Gasteiger partial charge in [0.05, 0.1) is 0 Å². The number of carbonyl (C=O) groups excluding carboxylic acids is 1. The zero-order chi connectivity index (χ0) is 16.5. The van der Waals surface area contributed by atoms with Crippen molar-refractivity contribution in [3.8, 4) is 0 Å². The van der Waals surface area contributed by atoms with Crippen molar-refractivity contribution >= 4 is 28.6 Å². The molecule has 3 nitrogen and oxygen atoms in total. The predicted molar refractivity (Wildman–Crippen MR) is 81.2 cm³/mol. The molecule has 0 radical (unpaired) electrons. The van der Waals surface area contributed by atoms with Crippen LogP contribution in [0.3, 0.4) is 0 Å². The molecule has 0 saturated heterocycles. The molecule has 1 rings (SSSR count). The fourth-order valence-electron chi connectivity index (χ4n) is 2.50. The average Bonchev–Trinajstić information content (AvgIpc) is 2.37. The Kier molecular flexibility index (Phi) is 5.97. The van der Waals surface area contributed by atoms with Gasteiger partial charge in [-0.15, -0.1) is 0 Å². The van der Waals surface area contributed by atoms with Crippen molar-refractivity contribution in [2.45, 2.75) is 74.2 Å². The molecule has 7 heteroatoms. The van der Waals surface area contributed by atoms with Crippen LogP contribution in [-0.2, 0) is 9.53 Å². The Morgan fingerprint density at radius 2 is 1.81 bits per heavy atom. The summed E-state index contributed by atoms with van der Waals surface area (Å²) in [6.07, 6.45) is -3.24. The summed E-state index contributed by atoms with van der Waals surface area (Å²) in [7, 11) is 0. The summed E-state index contributed by atoms with van der Waals surface area (Å²) in [6, 6.07) is 0. The number of hydrogen-bond acceptors (Lipinski definition) is 3. The number of hydrogen-bond donors (Lipinski definition) is 1. The van der Waals surface area contributed by atoms with E-state index in [4.69, 9.17) is 4.74 Å². The Hall–Kier alpha value is -0.0500. The summed E-state index contributed by atoms with van der Waals surface area (Å²) in [5.74, 6) is -1.63. The van der Waals surface area contributed by atoms with Crippen LogP contribution in [0.5, 0.6) is 0 Å². The standard InChI is InChI=1S/C14H22F3IO3/c1-4-12(2,18)11(19)21-10-8-6-5-7-9(10)13(3,20)14(15,16)17/h9-10,20H,4-8H2,1-3H3/t9?,10?,12-,13?/m0/s1. The maximum atomic E-state index is 13.0. The largest absolute Gasteiger partial charge is 0.461 e. The topological polar surface area (TPSA) is 46.5 Å². The van der Waals surface area contributed by atoms with Crippen LogP contribution < -0.4 is 0 Å². The van der Waals surface area contributed by atoms with E-state index in [0.29, 0.717) is 25.7 Å². The van der Waals surface area contributed by atoms with Crippen LogP contribution in [-0.4, -0.2) is 32.4 Å². The van der Waals surface area contributed by atoms with Crippen molar-refractivity contribution in [2.24, 2.45) is 5.92 Å². The summed E-state index contributed by atoms with van der Waals surface area (Å²) in [5, 5.41) is 9.90. The lowest BCUT2D eigenvalue weighted by molar-refractivity contribution is -0.285. The van der Waals surface area contributed by atoms with Crippen LogP contribution in [0.15, 0.2) is 0 Å². The van der Waals surface area contributed by atoms with Gasteiger partial charge in [-0.1, -0.05) is 35.9 Å². The Bertz CT molecular complexity index is 380. The second-order valence-corrected chi connectivity index (χ2v) is 8.41. The first kappa shape index (κ1) is 19.0. The summed E-state index contributed by atoms with van der Waals surface area (Å²) in [4.78, 5) is 12.1. The second-order valence-electron chi connectivity index (χ2n) is 6.03. The zero-order valence-electron chi connectivity index (χ0n) is 12.5. The van der Waals surface area contributed by atoms with Crippen molar-refractivity contribution in [2.75, 3.05) is 0 Å². The molecule has 21 heavy (non-hydrogen) atoms. The van der Waals surface area contributed by atoms with Gasteiger partial charge < -0.3 is 9.84 Å². The summed E-state index contributed by atoms with van der Waals surface area (Å²) in [6.45, 7) is 4.28. The van der Waals surface area contributed by atoms with Gasteiger partial charge in [0.2, 0.25) is 0 Å². The number of carbonyl (C=O) groups is 1. The van der Waals surface area contributed by atoms with Crippen molar-refractivity contribution in [1.29, 1.82) is 0 Å². The third kappa shape index (κ3) is 4.24. The van der Waals surface area contributed by atoms with E-state index in [1.54, 1.807) is 6.92 Å². The number of alkyl halides is 4. The highest BCUT2D eigenvalue weighted by Gasteiger charge is 2.58. The molecule has 0 aromatic rings. The molecular weight excluding hydrogens is 400 g/mol. The van der Waals surface area contributed by atoms with Crippen LogP contribution in [0.2, 0.25) is 0 Å². The molecule has 1 fully saturated rings. The first-order chi connectivity index (χ1) is 9.43. The second kappa shape index (κ2) is 6.60. The Balaban J connectivity index is 2.91. The van der Waals surface area contributed by atoms with Gasteiger partial charge in [-0.3, -0.25) is 4.79 Å². The van der Waals surface area contributed by atoms with Crippen LogP contribution >= 0.6 is 22.6 Å². The van der Waals surface area contributed by atoms with Crippen LogP contribution in [0.25, 0.3) is 0 Å². The van der Waals surface area contributed by atoms with Crippen LogP contribution in [0, 0.1) is 5.92 Å². The Morgan fingerprint density at radius 3 is 2.29 bits per heavy atom. The van der Waals surface area contributed by atoms with E-state index in [0.717, 1.165) is 6.92 Å². The maximum absolute atomic E-state index is 13.0. The van der Waals surface area contributed by atoms with Gasteiger partial charge in [0.25, 0.3) is 0 Å². The molecule has 1 aliphatic carbocycles. The molecule has 0 heterocycles. The summed E-state index contributed by atoms with van der Waals surface area (Å²) < 4.78 is 43.7. The Labute approximate surface area is 136 Å². The number of halogens is 4. The molecule has 0 aromatic carbocycles. The minimum Gasteiger partial charge on any atom is -0.461 e. The summed E-state index contributed by atoms with van der Waals surface area (Å²) in [5.41, 5.74) is -2.84. The lowest BCUT2D eigenvalue weighted by atomic mass is 9.75. The molecule has 0 amide bonds. The first-order valence-electron chi connectivity index (χ1n) is 7.12. The average molecular weight is 422 g/mol.